The Morgan fingerprint density at radius 2 is 2.29 bits per heavy atom. The highest BCUT2D eigenvalue weighted by molar-refractivity contribution is 7.99. The standard InChI is InChI=1S/C10H7NS3/c1-13-9-6(4-11)2-3-7-8(12)5-14-10(7)9/h2-3,5,12H,1H3. The molecule has 0 aliphatic heterocycles. The number of fused-ring (bicyclic) bond motifs is 1. The summed E-state index contributed by atoms with van der Waals surface area (Å²) in [6.45, 7) is 0. The van der Waals surface area contributed by atoms with E-state index in [1.54, 1.807) is 23.1 Å². The molecular formula is C10H7NS3. The smallest absolute Gasteiger partial charge is 0.100 e. The summed E-state index contributed by atoms with van der Waals surface area (Å²) < 4.78 is 1.17. The maximum atomic E-state index is 8.94. The van der Waals surface area contributed by atoms with Gasteiger partial charge in [0.05, 0.1) is 10.3 Å². The lowest BCUT2D eigenvalue weighted by molar-refractivity contribution is 1.42. The molecule has 0 bridgehead atoms. The molecule has 0 atom stereocenters. The summed E-state index contributed by atoms with van der Waals surface area (Å²) in [4.78, 5) is 2.06. The molecule has 0 saturated carbocycles. The highest BCUT2D eigenvalue weighted by atomic mass is 32.2. The van der Waals surface area contributed by atoms with Gasteiger partial charge in [0.2, 0.25) is 0 Å². The van der Waals surface area contributed by atoms with Gasteiger partial charge < -0.3 is 0 Å². The molecule has 0 spiro atoms. The molecule has 0 N–H and O–H groups in total. The van der Waals surface area contributed by atoms with Gasteiger partial charge in [-0.15, -0.1) is 35.7 Å². The predicted molar refractivity (Wildman–Crippen MR) is 65.6 cm³/mol. The number of hydrogen-bond donors (Lipinski definition) is 1. The molecule has 0 saturated heterocycles. The average molecular weight is 237 g/mol. The number of benzene rings is 1. The Morgan fingerprint density at radius 1 is 1.50 bits per heavy atom. The van der Waals surface area contributed by atoms with Crippen LogP contribution < -0.4 is 0 Å². The molecule has 0 aliphatic carbocycles. The van der Waals surface area contributed by atoms with Crippen LogP contribution in [0.25, 0.3) is 10.1 Å². The highest BCUT2D eigenvalue weighted by Crippen LogP contribution is 2.37. The lowest BCUT2D eigenvalue weighted by atomic mass is 10.2. The summed E-state index contributed by atoms with van der Waals surface area (Å²) in [5.41, 5.74) is 0.750. The Labute approximate surface area is 96.2 Å². The molecule has 70 valence electrons. The second-order valence-corrected chi connectivity index (χ2v) is 4.93. The van der Waals surface area contributed by atoms with E-state index in [4.69, 9.17) is 5.26 Å². The zero-order valence-electron chi connectivity index (χ0n) is 7.44. The first-order chi connectivity index (χ1) is 6.77. The maximum Gasteiger partial charge on any atom is 0.100 e. The van der Waals surface area contributed by atoms with Gasteiger partial charge in [0.1, 0.15) is 6.07 Å². The summed E-state index contributed by atoms with van der Waals surface area (Å²) in [6, 6.07) is 6.04. The molecule has 14 heavy (non-hydrogen) atoms. The van der Waals surface area contributed by atoms with Crippen molar-refractivity contribution < 1.29 is 0 Å². The summed E-state index contributed by atoms with van der Waals surface area (Å²) in [7, 11) is 0. The Balaban J connectivity index is 2.86. The van der Waals surface area contributed by atoms with E-state index in [-0.39, 0.29) is 0 Å². The van der Waals surface area contributed by atoms with E-state index in [1.807, 2.05) is 23.8 Å². The van der Waals surface area contributed by atoms with Gasteiger partial charge in [-0.05, 0) is 12.3 Å². The SMILES string of the molecule is CSc1c(C#N)ccc2c(S)csc12. The van der Waals surface area contributed by atoms with Crippen molar-refractivity contribution in [3.63, 3.8) is 0 Å². The Hall–Kier alpha value is -0.630. The van der Waals surface area contributed by atoms with Crippen molar-refractivity contribution in [3.05, 3.63) is 23.1 Å². The average Bonchev–Trinajstić information content (AvgIpc) is 2.59. The minimum absolute atomic E-state index is 0.750. The van der Waals surface area contributed by atoms with Gasteiger partial charge >= 0.3 is 0 Å². The first kappa shape index (κ1) is 9.91. The van der Waals surface area contributed by atoms with Crippen LogP contribution in [-0.4, -0.2) is 6.26 Å². The Bertz CT molecular complexity index is 522. The van der Waals surface area contributed by atoms with E-state index in [1.165, 1.54) is 4.70 Å². The third-order valence-corrected chi connectivity index (χ3v) is 4.52. The third kappa shape index (κ3) is 1.42. The fraction of sp³-hybridized carbons (Fsp3) is 0.100. The summed E-state index contributed by atoms with van der Waals surface area (Å²) >= 11 is 7.63. The van der Waals surface area contributed by atoms with Crippen LogP contribution >= 0.6 is 35.7 Å². The topological polar surface area (TPSA) is 23.8 Å². The highest BCUT2D eigenvalue weighted by Gasteiger charge is 2.09. The van der Waals surface area contributed by atoms with Crippen molar-refractivity contribution in [1.82, 2.24) is 0 Å². The minimum atomic E-state index is 0.750. The largest absolute Gasteiger partial charge is 0.192 e. The number of nitriles is 1. The number of thiol groups is 1. The van der Waals surface area contributed by atoms with Crippen molar-refractivity contribution in [2.24, 2.45) is 0 Å². The third-order valence-electron chi connectivity index (χ3n) is 2.00. The number of rotatable bonds is 1. The first-order valence-corrected chi connectivity index (χ1v) is 6.50. The van der Waals surface area contributed by atoms with Crippen LogP contribution in [-0.2, 0) is 0 Å². The number of hydrogen-bond acceptors (Lipinski definition) is 4. The van der Waals surface area contributed by atoms with Crippen LogP contribution in [0, 0.1) is 11.3 Å². The molecule has 1 nitrogen and oxygen atoms in total. The number of thioether (sulfide) groups is 1. The van der Waals surface area contributed by atoms with E-state index in [0.717, 1.165) is 20.7 Å². The summed E-state index contributed by atoms with van der Waals surface area (Å²) in [5.74, 6) is 0. The molecular weight excluding hydrogens is 230 g/mol. The van der Waals surface area contributed by atoms with Crippen LogP contribution in [0.2, 0.25) is 0 Å². The molecule has 2 rings (SSSR count). The molecule has 1 aromatic carbocycles. The summed E-state index contributed by atoms with van der Waals surface area (Å²) in [5, 5.41) is 12.1. The molecule has 1 aromatic heterocycles. The molecule has 0 aliphatic rings. The zero-order chi connectivity index (χ0) is 10.1. The maximum absolute atomic E-state index is 8.94. The quantitative estimate of drug-likeness (QED) is 0.602. The minimum Gasteiger partial charge on any atom is -0.192 e. The molecule has 0 unspecified atom stereocenters. The van der Waals surface area contributed by atoms with E-state index >= 15 is 0 Å². The molecule has 1 heterocycles. The van der Waals surface area contributed by atoms with Crippen LogP contribution in [0.1, 0.15) is 5.56 Å². The van der Waals surface area contributed by atoms with Crippen molar-refractivity contribution in [2.75, 3.05) is 6.26 Å². The van der Waals surface area contributed by atoms with Crippen molar-refractivity contribution in [3.8, 4) is 6.07 Å². The Kier molecular flexibility index (Phi) is 2.73. The van der Waals surface area contributed by atoms with Gasteiger partial charge in [-0.25, -0.2) is 0 Å². The molecule has 0 radical (unpaired) electrons. The second-order valence-electron chi connectivity index (χ2n) is 2.76. The molecule has 4 heteroatoms. The van der Waals surface area contributed by atoms with Crippen LogP contribution in [0.5, 0.6) is 0 Å². The van der Waals surface area contributed by atoms with E-state index in [2.05, 4.69) is 18.7 Å². The summed E-state index contributed by atoms with van der Waals surface area (Å²) in [6.07, 6.45) is 1.99. The van der Waals surface area contributed by atoms with Crippen molar-refractivity contribution in [2.45, 2.75) is 9.79 Å². The van der Waals surface area contributed by atoms with E-state index in [0.29, 0.717) is 0 Å². The Morgan fingerprint density at radius 3 is 2.93 bits per heavy atom. The molecule has 2 aromatic rings. The lowest BCUT2D eigenvalue weighted by Gasteiger charge is -2.01. The molecule has 0 amide bonds. The zero-order valence-corrected chi connectivity index (χ0v) is 9.97. The number of thiophene rings is 1. The van der Waals surface area contributed by atoms with Gasteiger partial charge in [-0.3, -0.25) is 0 Å². The van der Waals surface area contributed by atoms with Crippen molar-refractivity contribution in [1.29, 1.82) is 5.26 Å². The predicted octanol–water partition coefficient (Wildman–Crippen LogP) is 3.78. The van der Waals surface area contributed by atoms with Crippen molar-refractivity contribution >= 4 is 45.8 Å². The monoisotopic (exact) mass is 237 g/mol. The van der Waals surface area contributed by atoms with Gasteiger partial charge in [0, 0.05) is 20.6 Å². The molecule has 0 fully saturated rings. The first-order valence-electron chi connectivity index (χ1n) is 3.95. The van der Waals surface area contributed by atoms with Gasteiger partial charge in [0.25, 0.3) is 0 Å². The van der Waals surface area contributed by atoms with Gasteiger partial charge in [0.15, 0.2) is 0 Å². The fourth-order valence-corrected chi connectivity index (χ4v) is 3.67. The fourth-order valence-electron chi connectivity index (χ4n) is 1.35. The number of nitrogens with zero attached hydrogens (tertiary/aromatic N) is 1. The van der Waals surface area contributed by atoms with E-state index < -0.39 is 0 Å². The van der Waals surface area contributed by atoms with Crippen LogP contribution in [0.3, 0.4) is 0 Å². The van der Waals surface area contributed by atoms with E-state index in [9.17, 15) is 0 Å². The normalized spacial score (nSPS) is 10.4. The van der Waals surface area contributed by atoms with Gasteiger partial charge in [-0.1, -0.05) is 6.07 Å². The van der Waals surface area contributed by atoms with Crippen LogP contribution in [0.4, 0.5) is 0 Å². The lowest BCUT2D eigenvalue weighted by Crippen LogP contribution is -1.79. The van der Waals surface area contributed by atoms with Gasteiger partial charge in [-0.2, -0.15) is 5.26 Å². The second kappa shape index (κ2) is 3.85. The van der Waals surface area contributed by atoms with Crippen LogP contribution in [0.15, 0.2) is 27.3 Å².